The van der Waals surface area contributed by atoms with Gasteiger partial charge in [0.15, 0.2) is 0 Å². The van der Waals surface area contributed by atoms with Gasteiger partial charge in [-0.25, -0.2) is 0 Å². The van der Waals surface area contributed by atoms with E-state index in [-0.39, 0.29) is 5.97 Å². The predicted molar refractivity (Wildman–Crippen MR) is 44.6 cm³/mol. The van der Waals surface area contributed by atoms with Crippen molar-refractivity contribution in [1.29, 1.82) is 0 Å². The lowest BCUT2D eigenvalue weighted by atomic mass is 10.5. The summed E-state index contributed by atoms with van der Waals surface area (Å²) in [6, 6.07) is 0. The Kier molecular flexibility index (Phi) is 14.2. The molecule has 0 aromatic carbocycles. The number of ether oxygens (including phenoxy) is 2. The van der Waals surface area contributed by atoms with Gasteiger partial charge >= 0.3 is 5.97 Å². The highest BCUT2D eigenvalue weighted by molar-refractivity contribution is 5.65. The van der Waals surface area contributed by atoms with E-state index in [1.807, 2.05) is 6.92 Å². The fourth-order valence-corrected chi connectivity index (χ4v) is 0.314. The summed E-state index contributed by atoms with van der Waals surface area (Å²) in [5, 5.41) is 0. The Balaban J connectivity index is 0. The molecule has 72 valence electrons. The van der Waals surface area contributed by atoms with Gasteiger partial charge in [-0.1, -0.05) is 6.92 Å². The number of hydrogen-bond donors (Lipinski definition) is 0. The van der Waals surface area contributed by atoms with Crippen molar-refractivity contribution in [1.82, 2.24) is 0 Å². The van der Waals surface area contributed by atoms with Crippen molar-refractivity contribution >= 4 is 12.4 Å². The zero-order valence-electron chi connectivity index (χ0n) is 7.83. The molecule has 0 fully saturated rings. The first-order valence-electron chi connectivity index (χ1n) is 3.87. The fraction of sp³-hybridized carbons (Fsp3) is 0.750. The lowest BCUT2D eigenvalue weighted by Gasteiger charge is -1.93. The average molecular weight is 176 g/mol. The fourth-order valence-electron chi connectivity index (χ4n) is 0.314. The molecule has 0 aromatic heterocycles. The predicted octanol–water partition coefficient (Wildman–Crippen LogP) is 1.14. The summed E-state index contributed by atoms with van der Waals surface area (Å²) >= 11 is 0. The second-order valence-electron chi connectivity index (χ2n) is 1.89. The molecular weight excluding hydrogens is 160 g/mol. The van der Waals surface area contributed by atoms with Gasteiger partial charge in [-0.2, -0.15) is 0 Å². The van der Waals surface area contributed by atoms with Crippen LogP contribution in [0.5, 0.6) is 0 Å². The van der Waals surface area contributed by atoms with Gasteiger partial charge in [0.1, 0.15) is 0 Å². The lowest BCUT2D eigenvalue weighted by molar-refractivity contribution is -0.141. The van der Waals surface area contributed by atoms with Gasteiger partial charge in [-0.15, -0.1) is 0 Å². The highest BCUT2D eigenvalue weighted by atomic mass is 16.5. The monoisotopic (exact) mass is 176 g/mol. The van der Waals surface area contributed by atoms with Crippen molar-refractivity contribution in [2.24, 2.45) is 0 Å². The molecule has 0 unspecified atom stereocenters. The summed E-state index contributed by atoms with van der Waals surface area (Å²) in [7, 11) is 0. The summed E-state index contributed by atoms with van der Waals surface area (Å²) in [6.45, 7) is 6.59. The quantitative estimate of drug-likeness (QED) is 0.476. The lowest BCUT2D eigenvalue weighted by Crippen LogP contribution is -1.98. The van der Waals surface area contributed by atoms with Gasteiger partial charge in [0.2, 0.25) is 0 Å². The molecule has 4 nitrogen and oxygen atoms in total. The summed E-state index contributed by atoms with van der Waals surface area (Å²) < 4.78 is 8.70. The third kappa shape index (κ3) is 23.1. The Morgan fingerprint density at radius 3 is 2.08 bits per heavy atom. The Hall–Kier alpha value is -1.06. The second-order valence-corrected chi connectivity index (χ2v) is 1.89. The van der Waals surface area contributed by atoms with Crippen LogP contribution in [0.15, 0.2) is 0 Å². The van der Waals surface area contributed by atoms with Crippen molar-refractivity contribution in [2.75, 3.05) is 13.2 Å². The van der Waals surface area contributed by atoms with Gasteiger partial charge in [0.05, 0.1) is 13.2 Å². The van der Waals surface area contributed by atoms with Gasteiger partial charge in [-0.3, -0.25) is 9.59 Å². The second kappa shape index (κ2) is 12.6. The number of hydrogen-bond acceptors (Lipinski definition) is 4. The van der Waals surface area contributed by atoms with E-state index in [1.165, 1.54) is 6.92 Å². The summed E-state index contributed by atoms with van der Waals surface area (Å²) in [5.41, 5.74) is 0. The minimum atomic E-state index is -0.193. The smallest absolute Gasteiger partial charge is 0.302 e. The molecule has 0 rings (SSSR count). The van der Waals surface area contributed by atoms with E-state index < -0.39 is 0 Å². The van der Waals surface area contributed by atoms with Crippen molar-refractivity contribution in [2.45, 2.75) is 27.2 Å². The summed E-state index contributed by atoms with van der Waals surface area (Å²) in [6.07, 6.45) is 0.902. The molecule has 4 heteroatoms. The highest BCUT2D eigenvalue weighted by Gasteiger charge is 1.85. The average Bonchev–Trinajstić information content (AvgIpc) is 2.03. The molecule has 0 saturated heterocycles. The van der Waals surface area contributed by atoms with Crippen LogP contribution < -0.4 is 0 Å². The van der Waals surface area contributed by atoms with Crippen LogP contribution in [0.25, 0.3) is 0 Å². The van der Waals surface area contributed by atoms with Crippen molar-refractivity contribution in [3.8, 4) is 0 Å². The SMILES string of the molecule is CCCOC(C)=O.CCOC=O. The molecule has 0 saturated carbocycles. The van der Waals surface area contributed by atoms with Gasteiger partial charge < -0.3 is 9.47 Å². The highest BCUT2D eigenvalue weighted by Crippen LogP contribution is 1.78. The van der Waals surface area contributed by atoms with Crippen LogP contribution in [0.4, 0.5) is 0 Å². The Morgan fingerprint density at radius 1 is 1.42 bits per heavy atom. The molecule has 0 aliphatic rings. The zero-order valence-corrected chi connectivity index (χ0v) is 7.83. The third-order valence-corrected chi connectivity index (χ3v) is 0.744. The van der Waals surface area contributed by atoms with Crippen molar-refractivity contribution in [3.05, 3.63) is 0 Å². The van der Waals surface area contributed by atoms with E-state index in [0.29, 0.717) is 19.7 Å². The van der Waals surface area contributed by atoms with Crippen LogP contribution in [0.1, 0.15) is 27.2 Å². The first kappa shape index (κ1) is 13.5. The molecule has 0 spiro atoms. The topological polar surface area (TPSA) is 52.6 Å². The Morgan fingerprint density at radius 2 is 2.00 bits per heavy atom. The molecular formula is C8H16O4. The molecule has 0 aliphatic carbocycles. The standard InChI is InChI=1S/C5H10O2.C3H6O2/c1-3-4-7-5(2)6;1-2-5-3-4/h3-4H2,1-2H3;3H,2H2,1H3. The number of rotatable bonds is 4. The van der Waals surface area contributed by atoms with E-state index >= 15 is 0 Å². The van der Waals surface area contributed by atoms with E-state index in [4.69, 9.17) is 0 Å². The molecule has 0 radical (unpaired) electrons. The van der Waals surface area contributed by atoms with Crippen LogP contribution in [-0.2, 0) is 19.1 Å². The maximum absolute atomic E-state index is 9.98. The largest absolute Gasteiger partial charge is 0.468 e. The van der Waals surface area contributed by atoms with E-state index in [1.54, 1.807) is 6.92 Å². The third-order valence-electron chi connectivity index (χ3n) is 0.744. The van der Waals surface area contributed by atoms with Crippen molar-refractivity contribution < 1.29 is 19.1 Å². The minimum Gasteiger partial charge on any atom is -0.468 e. The minimum absolute atomic E-state index is 0.193. The molecule has 0 amide bonds. The molecule has 0 aromatic rings. The molecule has 0 aliphatic heterocycles. The number of carbonyl (C=O) groups is 2. The van der Waals surface area contributed by atoms with Crippen LogP contribution in [0.3, 0.4) is 0 Å². The van der Waals surface area contributed by atoms with Gasteiger partial charge in [-0.05, 0) is 13.3 Å². The van der Waals surface area contributed by atoms with Crippen LogP contribution >= 0.6 is 0 Å². The van der Waals surface area contributed by atoms with E-state index in [9.17, 15) is 9.59 Å². The number of carbonyl (C=O) groups excluding carboxylic acids is 2. The van der Waals surface area contributed by atoms with Crippen molar-refractivity contribution in [3.63, 3.8) is 0 Å². The molecule has 0 N–H and O–H groups in total. The van der Waals surface area contributed by atoms with Gasteiger partial charge in [0.25, 0.3) is 6.47 Å². The normalized spacial score (nSPS) is 7.58. The van der Waals surface area contributed by atoms with E-state index in [2.05, 4.69) is 9.47 Å². The van der Waals surface area contributed by atoms with Crippen LogP contribution in [0.2, 0.25) is 0 Å². The first-order chi connectivity index (χ1) is 5.68. The first-order valence-corrected chi connectivity index (χ1v) is 3.87. The van der Waals surface area contributed by atoms with E-state index in [0.717, 1.165) is 6.42 Å². The molecule has 12 heavy (non-hydrogen) atoms. The Bertz CT molecular complexity index is 112. The zero-order chi connectivity index (χ0) is 9.82. The maximum atomic E-state index is 9.98. The van der Waals surface area contributed by atoms with Gasteiger partial charge in [0, 0.05) is 6.92 Å². The molecule has 0 bridgehead atoms. The summed E-state index contributed by atoms with van der Waals surface area (Å²) in [5.74, 6) is -0.193. The molecule has 0 atom stereocenters. The Labute approximate surface area is 72.8 Å². The number of esters is 1. The van der Waals surface area contributed by atoms with Crippen LogP contribution in [0, 0.1) is 0 Å². The molecule has 0 heterocycles. The van der Waals surface area contributed by atoms with Crippen LogP contribution in [-0.4, -0.2) is 25.7 Å². The summed E-state index contributed by atoms with van der Waals surface area (Å²) in [4.78, 5) is 19.2. The maximum Gasteiger partial charge on any atom is 0.302 e.